The summed E-state index contributed by atoms with van der Waals surface area (Å²) in [6.45, 7) is 2.31. The average Bonchev–Trinajstić information content (AvgIpc) is 3.48. The number of hydrogen-bond donors (Lipinski definition) is 1. The quantitative estimate of drug-likeness (QED) is 0.419. The number of carbonyl (C=O) groups excluding carboxylic acids is 1. The number of aromatic nitrogens is 6. The number of hydrogen-bond acceptors (Lipinski definition) is 7. The van der Waals surface area contributed by atoms with Gasteiger partial charge in [0, 0.05) is 10.6 Å². The number of thioether (sulfide) groups is 1. The molecule has 8 nitrogen and oxygen atoms in total. The Hall–Kier alpha value is -2.98. The molecule has 0 aliphatic heterocycles. The fraction of sp³-hybridized carbons (Fsp3) is 0.286. The zero-order chi connectivity index (χ0) is 20.9. The maximum atomic E-state index is 12.5. The van der Waals surface area contributed by atoms with E-state index in [2.05, 4.69) is 32.5 Å². The molecule has 1 atom stereocenters. The molecular formula is C21H19N7OS2. The average molecular weight is 450 g/mol. The molecule has 0 saturated carbocycles. The predicted molar refractivity (Wildman–Crippen MR) is 122 cm³/mol. The van der Waals surface area contributed by atoms with Crippen LogP contribution in [-0.4, -0.2) is 40.9 Å². The first-order valence-corrected chi connectivity index (χ1v) is 12.0. The zero-order valence-electron chi connectivity index (χ0n) is 16.8. The zero-order valence-corrected chi connectivity index (χ0v) is 18.4. The van der Waals surface area contributed by atoms with E-state index in [9.17, 15) is 4.79 Å². The van der Waals surface area contributed by atoms with E-state index in [0.717, 1.165) is 34.4 Å². The molecule has 1 aliphatic rings. The summed E-state index contributed by atoms with van der Waals surface area (Å²) < 4.78 is 3.79. The van der Waals surface area contributed by atoms with Gasteiger partial charge in [0.15, 0.2) is 10.8 Å². The Morgan fingerprint density at radius 3 is 3.03 bits per heavy atom. The smallest absolute Gasteiger partial charge is 0.260 e. The summed E-state index contributed by atoms with van der Waals surface area (Å²) in [7, 11) is 0. The summed E-state index contributed by atoms with van der Waals surface area (Å²) in [4.78, 5) is 19.5. The van der Waals surface area contributed by atoms with Crippen LogP contribution in [0, 0.1) is 5.92 Å². The van der Waals surface area contributed by atoms with Crippen LogP contribution in [0.15, 0.2) is 41.8 Å². The molecule has 6 rings (SSSR count). The molecule has 1 unspecified atom stereocenters. The standard InChI is InChI=1S/C21H19N7OS2/c1-12-7-8-14-15(9-12)31-19-17(14)18-22-11-23-28(18)20-25-26-21(27(19)20)30-10-16(29)24-13-5-3-2-4-6-13/h2-6,11-12H,7-10H2,1H3,(H,24,29). The molecule has 0 spiro atoms. The summed E-state index contributed by atoms with van der Waals surface area (Å²) in [5, 5.41) is 17.9. The van der Waals surface area contributed by atoms with Gasteiger partial charge in [-0.05, 0) is 42.9 Å². The number of para-hydroxylation sites is 1. The lowest BCUT2D eigenvalue weighted by Gasteiger charge is -2.17. The second-order valence-electron chi connectivity index (χ2n) is 7.85. The van der Waals surface area contributed by atoms with Crippen LogP contribution in [0.5, 0.6) is 0 Å². The van der Waals surface area contributed by atoms with Crippen molar-refractivity contribution in [3.8, 4) is 0 Å². The largest absolute Gasteiger partial charge is 0.325 e. The Bertz CT molecular complexity index is 1440. The van der Waals surface area contributed by atoms with Gasteiger partial charge in [-0.3, -0.25) is 4.79 Å². The molecule has 156 valence electrons. The first-order valence-electron chi connectivity index (χ1n) is 10.2. The van der Waals surface area contributed by atoms with Gasteiger partial charge in [-0.1, -0.05) is 36.9 Å². The van der Waals surface area contributed by atoms with Crippen LogP contribution in [0.2, 0.25) is 0 Å². The number of rotatable bonds is 4. The highest BCUT2D eigenvalue weighted by Gasteiger charge is 2.26. The molecule has 0 fully saturated rings. The van der Waals surface area contributed by atoms with E-state index in [-0.39, 0.29) is 11.7 Å². The van der Waals surface area contributed by atoms with Crippen molar-refractivity contribution < 1.29 is 4.79 Å². The Labute approximate surface area is 185 Å². The van der Waals surface area contributed by atoms with Gasteiger partial charge in [0.25, 0.3) is 5.78 Å². The number of fused-ring (bicyclic) bond motifs is 8. The van der Waals surface area contributed by atoms with Gasteiger partial charge in [-0.2, -0.15) is 9.61 Å². The number of carbonyl (C=O) groups is 1. The minimum Gasteiger partial charge on any atom is -0.325 e. The van der Waals surface area contributed by atoms with E-state index in [1.165, 1.54) is 28.6 Å². The van der Waals surface area contributed by atoms with Crippen molar-refractivity contribution in [1.29, 1.82) is 0 Å². The Morgan fingerprint density at radius 2 is 2.16 bits per heavy atom. The Kier molecular flexibility index (Phi) is 4.43. The summed E-state index contributed by atoms with van der Waals surface area (Å²) in [6, 6.07) is 9.46. The van der Waals surface area contributed by atoms with Gasteiger partial charge in [0.05, 0.1) is 11.1 Å². The van der Waals surface area contributed by atoms with Crippen LogP contribution in [0.1, 0.15) is 23.8 Å². The van der Waals surface area contributed by atoms with E-state index in [1.54, 1.807) is 22.2 Å². The van der Waals surface area contributed by atoms with Crippen LogP contribution < -0.4 is 5.32 Å². The first-order chi connectivity index (χ1) is 15.2. The van der Waals surface area contributed by atoms with Crippen molar-refractivity contribution in [2.75, 3.05) is 11.1 Å². The molecule has 0 saturated heterocycles. The highest BCUT2D eigenvalue weighted by molar-refractivity contribution is 7.99. The molecule has 4 aromatic heterocycles. The minimum atomic E-state index is -0.0784. The third-order valence-electron chi connectivity index (χ3n) is 5.66. The number of nitrogens with one attached hydrogen (secondary N) is 1. The molecule has 0 bridgehead atoms. The summed E-state index contributed by atoms with van der Waals surface area (Å²) in [6.07, 6.45) is 4.88. The van der Waals surface area contributed by atoms with Gasteiger partial charge in [0.1, 0.15) is 11.2 Å². The van der Waals surface area contributed by atoms with Crippen LogP contribution in [0.4, 0.5) is 5.69 Å². The number of anilines is 1. The van der Waals surface area contributed by atoms with E-state index in [1.807, 2.05) is 34.7 Å². The number of benzene rings is 1. The number of thiophene rings is 1. The molecule has 4 heterocycles. The minimum absolute atomic E-state index is 0.0784. The van der Waals surface area contributed by atoms with Crippen LogP contribution in [-0.2, 0) is 17.6 Å². The van der Waals surface area contributed by atoms with E-state index >= 15 is 0 Å². The topological polar surface area (TPSA) is 89.5 Å². The lowest BCUT2D eigenvalue weighted by atomic mass is 9.89. The molecule has 10 heteroatoms. The summed E-state index contributed by atoms with van der Waals surface area (Å²) in [5.41, 5.74) is 3.00. The van der Waals surface area contributed by atoms with Gasteiger partial charge >= 0.3 is 0 Å². The molecule has 1 N–H and O–H groups in total. The molecular weight excluding hydrogens is 430 g/mol. The van der Waals surface area contributed by atoms with E-state index < -0.39 is 0 Å². The fourth-order valence-electron chi connectivity index (χ4n) is 4.20. The Balaban J connectivity index is 1.42. The third kappa shape index (κ3) is 3.09. The van der Waals surface area contributed by atoms with E-state index in [4.69, 9.17) is 0 Å². The third-order valence-corrected chi connectivity index (χ3v) is 7.83. The lowest BCUT2D eigenvalue weighted by molar-refractivity contribution is -0.113. The molecule has 1 aromatic carbocycles. The second kappa shape index (κ2) is 7.31. The van der Waals surface area contributed by atoms with Gasteiger partial charge < -0.3 is 5.32 Å². The molecule has 31 heavy (non-hydrogen) atoms. The molecule has 1 aliphatic carbocycles. The number of aryl methyl sites for hydroxylation is 1. The van der Waals surface area contributed by atoms with Crippen molar-refractivity contribution in [2.45, 2.75) is 31.3 Å². The van der Waals surface area contributed by atoms with Crippen molar-refractivity contribution in [3.05, 3.63) is 47.1 Å². The monoisotopic (exact) mass is 449 g/mol. The van der Waals surface area contributed by atoms with Gasteiger partial charge in [-0.15, -0.1) is 21.5 Å². The highest BCUT2D eigenvalue weighted by atomic mass is 32.2. The maximum absolute atomic E-state index is 12.5. The molecule has 1 amide bonds. The van der Waals surface area contributed by atoms with Gasteiger partial charge in [-0.25, -0.2) is 9.38 Å². The summed E-state index contributed by atoms with van der Waals surface area (Å²) in [5.74, 6) is 1.47. The van der Waals surface area contributed by atoms with Gasteiger partial charge in [0.2, 0.25) is 5.91 Å². The summed E-state index contributed by atoms with van der Waals surface area (Å²) >= 11 is 3.17. The van der Waals surface area contributed by atoms with Crippen molar-refractivity contribution >= 4 is 56.3 Å². The van der Waals surface area contributed by atoms with Crippen molar-refractivity contribution in [2.24, 2.45) is 5.92 Å². The molecule has 0 radical (unpaired) electrons. The van der Waals surface area contributed by atoms with Crippen LogP contribution >= 0.6 is 23.1 Å². The highest BCUT2D eigenvalue weighted by Crippen LogP contribution is 2.40. The fourth-order valence-corrected chi connectivity index (χ4v) is 6.50. The van der Waals surface area contributed by atoms with E-state index in [0.29, 0.717) is 16.9 Å². The first kappa shape index (κ1) is 18.8. The van der Waals surface area contributed by atoms with Crippen molar-refractivity contribution in [3.63, 3.8) is 0 Å². The molecule has 5 aromatic rings. The Morgan fingerprint density at radius 1 is 1.29 bits per heavy atom. The SMILES string of the molecule is CC1CCc2c(sc3c2c2ncnn2c2nnc(SCC(=O)Nc4ccccc4)n32)C1. The normalized spacial score (nSPS) is 16.2. The number of nitrogens with zero attached hydrogens (tertiary/aromatic N) is 6. The lowest BCUT2D eigenvalue weighted by Crippen LogP contribution is -2.14. The predicted octanol–water partition coefficient (Wildman–Crippen LogP) is 3.84. The van der Waals surface area contributed by atoms with Crippen LogP contribution in [0.3, 0.4) is 0 Å². The number of amides is 1. The second-order valence-corrected chi connectivity index (χ2v) is 9.87. The van der Waals surface area contributed by atoms with Crippen molar-refractivity contribution in [1.82, 2.24) is 29.2 Å². The van der Waals surface area contributed by atoms with Crippen LogP contribution in [0.25, 0.3) is 21.6 Å². The maximum Gasteiger partial charge on any atom is 0.260 e.